The molecule has 0 radical (unpaired) electrons. The van der Waals surface area contributed by atoms with Crippen molar-refractivity contribution in [2.75, 3.05) is 16.8 Å². The zero-order valence-corrected chi connectivity index (χ0v) is 10.9. The number of hydrogen-bond donors (Lipinski definition) is 1. The second kappa shape index (κ2) is 4.65. The van der Waals surface area contributed by atoms with Crippen molar-refractivity contribution in [3.05, 3.63) is 30.3 Å². The predicted octanol–water partition coefficient (Wildman–Crippen LogP) is 1.34. The fourth-order valence-corrected chi connectivity index (χ4v) is 3.74. The van der Waals surface area contributed by atoms with Crippen LogP contribution in [-0.4, -0.2) is 36.1 Å². The van der Waals surface area contributed by atoms with Crippen molar-refractivity contribution in [3.8, 4) is 11.4 Å². The first-order valence-electron chi connectivity index (χ1n) is 5.98. The molecule has 1 fully saturated rings. The Morgan fingerprint density at radius 2 is 2.05 bits per heavy atom. The molecule has 1 aliphatic heterocycles. The van der Waals surface area contributed by atoms with E-state index in [2.05, 4.69) is 15.5 Å². The topological polar surface area (TPSA) is 85.1 Å². The van der Waals surface area contributed by atoms with Gasteiger partial charge in [0.25, 0.3) is 0 Å². The van der Waals surface area contributed by atoms with E-state index in [4.69, 9.17) is 4.52 Å². The summed E-state index contributed by atoms with van der Waals surface area (Å²) in [5.41, 5.74) is 0.860. The number of sulfone groups is 1. The molecule has 1 aromatic heterocycles. The van der Waals surface area contributed by atoms with Gasteiger partial charge in [0, 0.05) is 11.6 Å². The number of hydrogen-bond acceptors (Lipinski definition) is 6. The van der Waals surface area contributed by atoms with Crippen LogP contribution in [0.2, 0.25) is 0 Å². The third-order valence-electron chi connectivity index (χ3n) is 3.02. The number of nitrogens with zero attached hydrogens (tertiary/aromatic N) is 2. The summed E-state index contributed by atoms with van der Waals surface area (Å²) in [6, 6.07) is 9.58. The molecule has 3 rings (SSSR count). The molecule has 100 valence electrons. The summed E-state index contributed by atoms with van der Waals surface area (Å²) in [6.45, 7) is 0. The number of rotatable bonds is 3. The Morgan fingerprint density at radius 1 is 1.26 bits per heavy atom. The Kier molecular flexibility index (Phi) is 2.98. The van der Waals surface area contributed by atoms with E-state index >= 15 is 0 Å². The molecule has 2 heterocycles. The van der Waals surface area contributed by atoms with Crippen LogP contribution >= 0.6 is 0 Å². The van der Waals surface area contributed by atoms with Gasteiger partial charge in [0.05, 0.1) is 11.5 Å². The molecular formula is C12H13N3O3S. The van der Waals surface area contributed by atoms with E-state index in [1.807, 2.05) is 30.3 Å². The molecular weight excluding hydrogens is 266 g/mol. The van der Waals surface area contributed by atoms with E-state index in [-0.39, 0.29) is 23.6 Å². The minimum Gasteiger partial charge on any atom is -0.334 e. The maximum absolute atomic E-state index is 11.4. The van der Waals surface area contributed by atoms with Gasteiger partial charge in [-0.3, -0.25) is 0 Å². The van der Waals surface area contributed by atoms with E-state index < -0.39 is 9.84 Å². The minimum absolute atomic E-state index is 0.121. The van der Waals surface area contributed by atoms with Crippen molar-refractivity contribution in [1.29, 1.82) is 0 Å². The first-order chi connectivity index (χ1) is 9.12. The summed E-state index contributed by atoms with van der Waals surface area (Å²) in [7, 11) is -2.91. The predicted molar refractivity (Wildman–Crippen MR) is 70.4 cm³/mol. The molecule has 1 saturated heterocycles. The highest BCUT2D eigenvalue weighted by molar-refractivity contribution is 7.91. The molecule has 1 aromatic carbocycles. The Hall–Kier alpha value is -1.89. The van der Waals surface area contributed by atoms with Gasteiger partial charge < -0.3 is 9.84 Å². The molecule has 19 heavy (non-hydrogen) atoms. The van der Waals surface area contributed by atoms with Gasteiger partial charge in [-0.25, -0.2) is 8.42 Å². The lowest BCUT2D eigenvalue weighted by molar-refractivity contribution is 0.428. The molecule has 0 aliphatic carbocycles. The van der Waals surface area contributed by atoms with Crippen LogP contribution in [0.5, 0.6) is 0 Å². The summed E-state index contributed by atoms with van der Waals surface area (Å²) < 4.78 is 27.8. The maximum atomic E-state index is 11.4. The molecule has 0 spiro atoms. The van der Waals surface area contributed by atoms with Crippen molar-refractivity contribution < 1.29 is 12.9 Å². The Labute approximate surface area is 110 Å². The zero-order chi connectivity index (χ0) is 13.3. The monoisotopic (exact) mass is 279 g/mol. The highest BCUT2D eigenvalue weighted by Gasteiger charge is 2.28. The average molecular weight is 279 g/mol. The van der Waals surface area contributed by atoms with Crippen LogP contribution in [0.4, 0.5) is 6.01 Å². The van der Waals surface area contributed by atoms with Crippen molar-refractivity contribution >= 4 is 15.9 Å². The number of nitrogens with one attached hydrogen (secondary N) is 1. The zero-order valence-electron chi connectivity index (χ0n) is 10.1. The lowest BCUT2D eigenvalue weighted by atomic mass is 10.2. The largest absolute Gasteiger partial charge is 0.334 e. The first kappa shape index (κ1) is 12.2. The fourth-order valence-electron chi connectivity index (χ4n) is 2.07. The first-order valence-corrected chi connectivity index (χ1v) is 7.81. The third-order valence-corrected chi connectivity index (χ3v) is 4.79. The Bertz CT molecular complexity index is 667. The molecule has 0 bridgehead atoms. The van der Waals surface area contributed by atoms with Crippen molar-refractivity contribution in [1.82, 2.24) is 10.1 Å². The van der Waals surface area contributed by atoms with E-state index in [0.717, 1.165) is 5.56 Å². The van der Waals surface area contributed by atoms with Gasteiger partial charge >= 0.3 is 6.01 Å². The molecule has 7 heteroatoms. The molecule has 0 unspecified atom stereocenters. The molecule has 2 aromatic rings. The Morgan fingerprint density at radius 3 is 2.74 bits per heavy atom. The molecule has 0 saturated carbocycles. The SMILES string of the molecule is O=S1(=O)CC[C@H](Nc2nc(-c3ccccc3)no2)C1. The van der Waals surface area contributed by atoms with Gasteiger partial charge in [-0.15, -0.1) is 0 Å². The summed E-state index contributed by atoms with van der Waals surface area (Å²) >= 11 is 0. The van der Waals surface area contributed by atoms with Gasteiger partial charge in [0.15, 0.2) is 9.84 Å². The quantitative estimate of drug-likeness (QED) is 0.912. The van der Waals surface area contributed by atoms with Gasteiger partial charge in [-0.05, 0) is 6.42 Å². The van der Waals surface area contributed by atoms with E-state index in [1.165, 1.54) is 0 Å². The second-order valence-electron chi connectivity index (χ2n) is 4.53. The fraction of sp³-hybridized carbons (Fsp3) is 0.333. The van der Waals surface area contributed by atoms with E-state index in [9.17, 15) is 8.42 Å². The van der Waals surface area contributed by atoms with E-state index in [0.29, 0.717) is 12.2 Å². The average Bonchev–Trinajstić information content (AvgIpc) is 2.98. The summed E-state index contributed by atoms with van der Waals surface area (Å²) in [6.07, 6.45) is 0.575. The van der Waals surface area contributed by atoms with E-state index in [1.54, 1.807) is 0 Å². The van der Waals surface area contributed by atoms with Crippen LogP contribution in [0.25, 0.3) is 11.4 Å². The summed E-state index contributed by atoms with van der Waals surface area (Å²) in [5, 5.41) is 6.83. The molecule has 1 aliphatic rings. The normalized spacial score (nSPS) is 21.4. The van der Waals surface area contributed by atoms with Gasteiger partial charge in [-0.2, -0.15) is 4.98 Å². The van der Waals surface area contributed by atoms with Crippen molar-refractivity contribution in [3.63, 3.8) is 0 Å². The maximum Gasteiger partial charge on any atom is 0.322 e. The second-order valence-corrected chi connectivity index (χ2v) is 6.76. The van der Waals surface area contributed by atoms with Crippen LogP contribution in [0, 0.1) is 0 Å². The summed E-state index contributed by atoms with van der Waals surface area (Å²) in [4.78, 5) is 4.21. The van der Waals surface area contributed by atoms with Crippen molar-refractivity contribution in [2.45, 2.75) is 12.5 Å². The number of anilines is 1. The number of benzene rings is 1. The molecule has 1 N–H and O–H groups in total. The summed E-state index contributed by atoms with van der Waals surface area (Å²) in [5.74, 6) is 0.823. The lowest BCUT2D eigenvalue weighted by Gasteiger charge is -2.05. The van der Waals surface area contributed by atoms with Gasteiger partial charge in [0.1, 0.15) is 0 Å². The van der Waals surface area contributed by atoms with Gasteiger partial charge in [-0.1, -0.05) is 35.5 Å². The van der Waals surface area contributed by atoms with Crippen molar-refractivity contribution in [2.24, 2.45) is 0 Å². The molecule has 0 amide bonds. The third kappa shape index (κ3) is 2.76. The van der Waals surface area contributed by atoms with Crippen LogP contribution in [0.15, 0.2) is 34.9 Å². The molecule has 6 nitrogen and oxygen atoms in total. The molecule has 1 atom stereocenters. The number of aromatic nitrogens is 2. The van der Waals surface area contributed by atoms with Crippen LogP contribution in [0.1, 0.15) is 6.42 Å². The minimum atomic E-state index is -2.91. The van der Waals surface area contributed by atoms with Crippen LogP contribution in [0.3, 0.4) is 0 Å². The lowest BCUT2D eigenvalue weighted by Crippen LogP contribution is -2.20. The van der Waals surface area contributed by atoms with Crippen LogP contribution < -0.4 is 5.32 Å². The Balaban J connectivity index is 1.73. The van der Waals surface area contributed by atoms with Crippen LogP contribution in [-0.2, 0) is 9.84 Å². The smallest absolute Gasteiger partial charge is 0.322 e. The highest BCUT2D eigenvalue weighted by Crippen LogP contribution is 2.20. The van der Waals surface area contributed by atoms with Gasteiger partial charge in [0.2, 0.25) is 5.82 Å². The standard InChI is InChI=1S/C12H13N3O3S/c16-19(17)7-6-10(8-19)13-12-14-11(15-18-12)9-4-2-1-3-5-9/h1-5,10H,6-8H2,(H,13,14,15)/t10-/m0/s1. The highest BCUT2D eigenvalue weighted by atomic mass is 32.2.